The third kappa shape index (κ3) is 6.25. The van der Waals surface area contributed by atoms with Crippen LogP contribution >= 0.6 is 0 Å². The predicted octanol–water partition coefficient (Wildman–Crippen LogP) is 5.74. The second-order valence-corrected chi connectivity index (χ2v) is 8.83. The van der Waals surface area contributed by atoms with Gasteiger partial charge in [0, 0.05) is 23.7 Å². The van der Waals surface area contributed by atoms with Crippen LogP contribution in [0, 0.1) is 6.92 Å². The fourth-order valence-electron chi connectivity index (χ4n) is 4.08. The van der Waals surface area contributed by atoms with E-state index >= 15 is 0 Å². The molecule has 0 saturated heterocycles. The largest absolute Gasteiger partial charge is 0.497 e. The number of carbonyl (C=O) groups is 2. The second-order valence-electron chi connectivity index (χ2n) is 8.83. The van der Waals surface area contributed by atoms with Crippen LogP contribution in [0.15, 0.2) is 84.9 Å². The molecule has 0 spiro atoms. The monoisotopic (exact) mass is 496 g/mol. The number of ether oxygens (including phenoxy) is 1. The van der Waals surface area contributed by atoms with Crippen LogP contribution in [-0.4, -0.2) is 46.7 Å². The van der Waals surface area contributed by atoms with Crippen molar-refractivity contribution in [3.05, 3.63) is 96.1 Å². The van der Waals surface area contributed by atoms with Gasteiger partial charge in [-0.2, -0.15) is 5.10 Å². The normalized spacial score (nSPS) is 10.7. The molecule has 0 aliphatic carbocycles. The van der Waals surface area contributed by atoms with Crippen molar-refractivity contribution in [3.63, 3.8) is 0 Å². The van der Waals surface area contributed by atoms with E-state index in [1.807, 2.05) is 85.8 Å². The van der Waals surface area contributed by atoms with Gasteiger partial charge < -0.3 is 15.0 Å². The molecule has 37 heavy (non-hydrogen) atoms. The van der Waals surface area contributed by atoms with Crippen molar-refractivity contribution < 1.29 is 14.3 Å². The molecule has 1 heterocycles. The third-order valence-corrected chi connectivity index (χ3v) is 6.14. The van der Waals surface area contributed by atoms with E-state index < -0.39 is 0 Å². The van der Waals surface area contributed by atoms with Crippen molar-refractivity contribution in [2.45, 2.75) is 26.7 Å². The number of nitrogens with zero attached hydrogens (tertiary/aromatic N) is 3. The first-order chi connectivity index (χ1) is 18.0. The van der Waals surface area contributed by atoms with Crippen LogP contribution in [0.2, 0.25) is 0 Å². The van der Waals surface area contributed by atoms with Gasteiger partial charge in [-0.3, -0.25) is 9.59 Å². The number of aromatic nitrogens is 2. The van der Waals surface area contributed by atoms with Crippen molar-refractivity contribution in [2.75, 3.05) is 25.5 Å². The number of anilines is 1. The summed E-state index contributed by atoms with van der Waals surface area (Å²) in [6.45, 7) is 4.42. The Hall–Kier alpha value is -4.39. The van der Waals surface area contributed by atoms with Crippen molar-refractivity contribution in [1.82, 2.24) is 14.7 Å². The maximum atomic E-state index is 13.3. The Morgan fingerprint density at radius 1 is 0.973 bits per heavy atom. The molecule has 7 nitrogen and oxygen atoms in total. The summed E-state index contributed by atoms with van der Waals surface area (Å²) in [5.41, 5.74) is 3.94. The smallest absolute Gasteiger partial charge is 0.254 e. The summed E-state index contributed by atoms with van der Waals surface area (Å²) in [6.07, 6.45) is 1.73. The lowest BCUT2D eigenvalue weighted by Gasteiger charge is -2.23. The van der Waals surface area contributed by atoms with Gasteiger partial charge in [0.05, 0.1) is 18.5 Å². The number of methoxy groups -OCH3 is 1. The minimum Gasteiger partial charge on any atom is -0.497 e. The topological polar surface area (TPSA) is 76.5 Å². The van der Waals surface area contributed by atoms with Gasteiger partial charge in [0.25, 0.3) is 5.91 Å². The van der Waals surface area contributed by atoms with Crippen LogP contribution in [0.3, 0.4) is 0 Å². The van der Waals surface area contributed by atoms with Crippen LogP contribution in [0.1, 0.15) is 35.7 Å². The van der Waals surface area contributed by atoms with Crippen molar-refractivity contribution in [1.29, 1.82) is 0 Å². The lowest BCUT2D eigenvalue weighted by atomic mass is 10.1. The zero-order chi connectivity index (χ0) is 26.2. The lowest BCUT2D eigenvalue weighted by Crippen LogP contribution is -2.39. The van der Waals surface area contributed by atoms with Gasteiger partial charge >= 0.3 is 0 Å². The first kappa shape index (κ1) is 25.7. The van der Waals surface area contributed by atoms with Gasteiger partial charge in [0.15, 0.2) is 0 Å². The minimum absolute atomic E-state index is 0.0539. The molecule has 0 bridgehead atoms. The Labute approximate surface area is 217 Å². The van der Waals surface area contributed by atoms with Crippen LogP contribution in [0.4, 0.5) is 5.82 Å². The second kappa shape index (κ2) is 12.0. The number of carbonyl (C=O) groups excluding carboxylic acids is 2. The average Bonchev–Trinajstić information content (AvgIpc) is 3.35. The molecule has 1 N–H and O–H groups in total. The highest BCUT2D eigenvalue weighted by Crippen LogP contribution is 2.26. The van der Waals surface area contributed by atoms with E-state index in [0.29, 0.717) is 17.9 Å². The molecule has 2 amide bonds. The summed E-state index contributed by atoms with van der Waals surface area (Å²) >= 11 is 0. The predicted molar refractivity (Wildman–Crippen MR) is 146 cm³/mol. The number of unbranched alkanes of at least 4 members (excludes halogenated alkanes) is 1. The first-order valence-corrected chi connectivity index (χ1v) is 12.4. The maximum absolute atomic E-state index is 13.3. The quantitative estimate of drug-likeness (QED) is 0.304. The Bertz CT molecular complexity index is 1350. The number of benzene rings is 3. The number of aryl methyl sites for hydroxylation is 1. The zero-order valence-corrected chi connectivity index (χ0v) is 21.5. The van der Waals surface area contributed by atoms with Crippen LogP contribution in [0.5, 0.6) is 5.75 Å². The summed E-state index contributed by atoms with van der Waals surface area (Å²) in [5.74, 6) is 0.821. The molecule has 3 aromatic carbocycles. The van der Waals surface area contributed by atoms with E-state index in [-0.39, 0.29) is 18.4 Å². The molecule has 0 unspecified atom stereocenters. The minimum atomic E-state index is -0.285. The fourth-order valence-corrected chi connectivity index (χ4v) is 4.08. The average molecular weight is 497 g/mol. The number of nitrogens with one attached hydrogen (secondary N) is 1. The number of amides is 2. The Morgan fingerprint density at radius 3 is 2.35 bits per heavy atom. The molecule has 190 valence electrons. The van der Waals surface area contributed by atoms with Gasteiger partial charge in [-0.05, 0) is 49.2 Å². The molecule has 0 saturated carbocycles. The number of rotatable bonds is 10. The first-order valence-electron chi connectivity index (χ1n) is 12.4. The Kier molecular flexibility index (Phi) is 8.36. The SMILES string of the molecule is CCCCN(CC(=O)Nc1cc(-c2ccccc2)nn1-c1ccc(OC)cc1)C(=O)c1ccccc1C. The van der Waals surface area contributed by atoms with Crippen LogP contribution < -0.4 is 10.1 Å². The highest BCUT2D eigenvalue weighted by Gasteiger charge is 2.21. The van der Waals surface area contributed by atoms with Gasteiger partial charge in [-0.15, -0.1) is 0 Å². The van der Waals surface area contributed by atoms with E-state index in [0.717, 1.165) is 41.1 Å². The van der Waals surface area contributed by atoms with E-state index in [1.165, 1.54) is 0 Å². The summed E-state index contributed by atoms with van der Waals surface area (Å²) in [7, 11) is 1.62. The van der Waals surface area contributed by atoms with Crippen LogP contribution in [-0.2, 0) is 4.79 Å². The van der Waals surface area contributed by atoms with Crippen molar-refractivity contribution in [2.24, 2.45) is 0 Å². The van der Waals surface area contributed by atoms with Gasteiger partial charge in [-0.1, -0.05) is 61.9 Å². The molecule has 0 aliphatic rings. The molecular formula is C30H32N4O3. The standard InChI is InChI=1S/C30H32N4O3/c1-4-5-19-33(30(36)26-14-10-9-11-22(26)2)21-29(35)31-28-20-27(23-12-7-6-8-13-23)32-34(28)24-15-17-25(37-3)18-16-24/h6-18,20H,4-5,19,21H2,1-3H3,(H,31,35). The summed E-state index contributed by atoms with van der Waals surface area (Å²) in [4.78, 5) is 28.2. The van der Waals surface area contributed by atoms with Gasteiger partial charge in [0.1, 0.15) is 18.1 Å². The number of hydrogen-bond donors (Lipinski definition) is 1. The third-order valence-electron chi connectivity index (χ3n) is 6.14. The molecule has 0 aliphatic heterocycles. The van der Waals surface area contributed by atoms with Crippen LogP contribution in [0.25, 0.3) is 16.9 Å². The molecule has 0 atom stereocenters. The summed E-state index contributed by atoms with van der Waals surface area (Å²) in [5, 5.41) is 7.75. The van der Waals surface area contributed by atoms with Gasteiger partial charge in [-0.25, -0.2) is 4.68 Å². The molecule has 0 fully saturated rings. The Balaban J connectivity index is 1.61. The molecule has 1 aromatic heterocycles. The number of hydrogen-bond acceptors (Lipinski definition) is 4. The maximum Gasteiger partial charge on any atom is 0.254 e. The highest BCUT2D eigenvalue weighted by molar-refractivity contribution is 6.00. The van der Waals surface area contributed by atoms with E-state index in [9.17, 15) is 9.59 Å². The zero-order valence-electron chi connectivity index (χ0n) is 21.5. The molecule has 4 rings (SSSR count). The molecule has 0 radical (unpaired) electrons. The highest BCUT2D eigenvalue weighted by atomic mass is 16.5. The van der Waals surface area contributed by atoms with E-state index in [1.54, 1.807) is 22.8 Å². The summed E-state index contributed by atoms with van der Waals surface area (Å²) < 4.78 is 6.97. The lowest BCUT2D eigenvalue weighted by molar-refractivity contribution is -0.117. The molecule has 7 heteroatoms. The molecule has 4 aromatic rings. The molecular weight excluding hydrogens is 464 g/mol. The van der Waals surface area contributed by atoms with Crippen molar-refractivity contribution in [3.8, 4) is 22.7 Å². The Morgan fingerprint density at radius 2 is 1.68 bits per heavy atom. The van der Waals surface area contributed by atoms with E-state index in [4.69, 9.17) is 9.84 Å². The van der Waals surface area contributed by atoms with Crippen molar-refractivity contribution >= 4 is 17.6 Å². The summed E-state index contributed by atoms with van der Waals surface area (Å²) in [6, 6.07) is 26.5. The fraction of sp³-hybridized carbons (Fsp3) is 0.233. The van der Waals surface area contributed by atoms with Gasteiger partial charge in [0.2, 0.25) is 5.91 Å². The van der Waals surface area contributed by atoms with E-state index in [2.05, 4.69) is 12.2 Å².